The fourth-order valence-electron chi connectivity index (χ4n) is 0.948. The van der Waals surface area contributed by atoms with Gasteiger partial charge in [-0.1, -0.05) is 20.8 Å². The number of rotatable bonds is 6. The number of hydrogen-bond acceptors (Lipinski definition) is 3. The molecule has 0 aliphatic rings. The lowest BCUT2D eigenvalue weighted by Gasteiger charge is -2.29. The molecule has 0 aliphatic carbocycles. The first-order chi connectivity index (χ1) is 5.24. The Kier molecular flexibility index (Phi) is 6.68. The van der Waals surface area contributed by atoms with E-state index < -0.39 is 0 Å². The quantitative estimate of drug-likeness (QED) is 0.471. The maximum absolute atomic E-state index is 5.49. The average Bonchev–Trinajstić information content (AvgIpc) is 2.04. The Labute approximate surface area is 79.5 Å². The molecule has 0 aromatic heterocycles. The smallest absolute Gasteiger partial charge is 0.260 e. The first-order valence-electron chi connectivity index (χ1n) is 4.07. The van der Waals surface area contributed by atoms with Gasteiger partial charge in [-0.05, 0) is 17.9 Å². The van der Waals surface area contributed by atoms with Gasteiger partial charge in [0.15, 0.2) is 0 Å². The van der Waals surface area contributed by atoms with Crippen LogP contribution in [-0.2, 0) is 4.65 Å². The van der Waals surface area contributed by atoms with Gasteiger partial charge < -0.3 is 4.65 Å². The van der Waals surface area contributed by atoms with Crippen molar-refractivity contribution in [2.75, 3.05) is 11.5 Å². The predicted octanol–water partition coefficient (Wildman–Crippen LogP) is 2.12. The van der Waals surface area contributed by atoms with Crippen LogP contribution in [0.2, 0.25) is 0 Å². The monoisotopic (exact) mass is 192 g/mol. The van der Waals surface area contributed by atoms with E-state index >= 15 is 0 Å². The van der Waals surface area contributed by atoms with Gasteiger partial charge >= 0.3 is 0 Å². The molecule has 0 aromatic carbocycles. The van der Waals surface area contributed by atoms with Crippen molar-refractivity contribution in [3.05, 3.63) is 0 Å². The van der Waals surface area contributed by atoms with E-state index in [9.17, 15) is 0 Å². The zero-order valence-corrected chi connectivity index (χ0v) is 9.48. The van der Waals surface area contributed by atoms with Gasteiger partial charge in [0.2, 0.25) is 0 Å². The van der Waals surface area contributed by atoms with Crippen molar-refractivity contribution in [3.8, 4) is 0 Å². The molecule has 0 saturated heterocycles. The summed E-state index contributed by atoms with van der Waals surface area (Å²) in [5, 5.41) is 0. The lowest BCUT2D eigenvalue weighted by atomic mass is 10.5. The molecule has 11 heavy (non-hydrogen) atoms. The van der Waals surface area contributed by atoms with Gasteiger partial charge in [-0.25, -0.2) is 0 Å². The Morgan fingerprint density at radius 3 is 1.82 bits per heavy atom. The van der Waals surface area contributed by atoms with Crippen LogP contribution in [0, 0.1) is 0 Å². The molecule has 1 nitrogen and oxygen atoms in total. The van der Waals surface area contributed by atoms with Crippen LogP contribution >= 0.6 is 23.5 Å². The molecular weight excluding hydrogens is 175 g/mol. The van der Waals surface area contributed by atoms with Crippen molar-refractivity contribution in [1.29, 1.82) is 0 Å². The number of hydrogen-bond donors (Lipinski definition) is 0. The zero-order chi connectivity index (χ0) is 8.74. The Hall–Kier alpha value is 0.725. The summed E-state index contributed by atoms with van der Waals surface area (Å²) < 4.78 is 5.51. The molecular formula is C7H17BOS2. The molecule has 0 bridgehead atoms. The zero-order valence-electron chi connectivity index (χ0n) is 7.85. The van der Waals surface area contributed by atoms with Crippen molar-refractivity contribution >= 4 is 31.6 Å². The van der Waals surface area contributed by atoms with E-state index in [0.29, 0.717) is 0 Å². The highest BCUT2D eigenvalue weighted by Crippen LogP contribution is 2.40. The van der Waals surface area contributed by atoms with Gasteiger partial charge in [-0.3, -0.25) is 0 Å². The predicted molar refractivity (Wildman–Crippen MR) is 58.9 cm³/mol. The molecule has 0 aliphatic heterocycles. The largest absolute Gasteiger partial charge is 0.423 e. The molecule has 66 valence electrons. The second kappa shape index (κ2) is 6.26. The normalized spacial score (nSPS) is 11.9. The van der Waals surface area contributed by atoms with Crippen molar-refractivity contribution in [2.24, 2.45) is 0 Å². The summed E-state index contributed by atoms with van der Waals surface area (Å²) in [4.78, 5) is 0. The Bertz CT molecular complexity index is 88.4. The van der Waals surface area contributed by atoms with Crippen molar-refractivity contribution in [3.63, 3.8) is 0 Å². The average molecular weight is 192 g/mol. The fourth-order valence-corrected chi connectivity index (χ4v) is 3.51. The molecule has 0 aromatic rings. The van der Waals surface area contributed by atoms with Gasteiger partial charge in [0.25, 0.3) is 8.05 Å². The molecule has 0 saturated carbocycles. The van der Waals surface area contributed by atoms with E-state index in [4.69, 9.17) is 4.65 Å². The van der Waals surface area contributed by atoms with Crippen molar-refractivity contribution < 1.29 is 4.65 Å². The molecule has 0 heterocycles. The Morgan fingerprint density at radius 2 is 1.64 bits per heavy atom. The van der Waals surface area contributed by atoms with E-state index in [2.05, 4.69) is 20.8 Å². The molecule has 0 N–H and O–H groups in total. The molecule has 0 rings (SSSR count). The summed E-state index contributed by atoms with van der Waals surface area (Å²) in [6, 6.07) is 0. The van der Waals surface area contributed by atoms with Crippen molar-refractivity contribution in [2.45, 2.75) is 31.5 Å². The van der Waals surface area contributed by atoms with Crippen LogP contribution in [0.15, 0.2) is 0 Å². The van der Waals surface area contributed by atoms with Crippen molar-refractivity contribution in [1.82, 2.24) is 0 Å². The van der Waals surface area contributed by atoms with E-state index in [1.54, 1.807) is 8.05 Å². The lowest BCUT2D eigenvalue weighted by Crippen LogP contribution is -2.22. The Balaban J connectivity index is 3.96. The summed E-state index contributed by atoms with van der Waals surface area (Å²) in [5.41, 5.74) is 0. The number of thioether (sulfide) groups is 2. The first-order valence-corrected chi connectivity index (χ1v) is 6.04. The van der Waals surface area contributed by atoms with Crippen LogP contribution in [0.25, 0.3) is 0 Å². The molecule has 0 fully saturated rings. The van der Waals surface area contributed by atoms with Crippen LogP contribution in [0.4, 0.5) is 0 Å². The maximum Gasteiger partial charge on any atom is 0.260 e. The highest BCUT2D eigenvalue weighted by molar-refractivity contribution is 8.18. The lowest BCUT2D eigenvalue weighted by molar-refractivity contribution is 0.277. The first kappa shape index (κ1) is 11.7. The molecule has 0 amide bonds. The minimum Gasteiger partial charge on any atom is -0.423 e. The third kappa shape index (κ3) is 3.77. The highest BCUT2D eigenvalue weighted by atomic mass is 32.2. The summed E-state index contributed by atoms with van der Waals surface area (Å²) >= 11 is 3.78. The molecule has 0 atom stereocenters. The van der Waals surface area contributed by atoms with Crippen LogP contribution < -0.4 is 0 Å². The topological polar surface area (TPSA) is 9.23 Å². The Morgan fingerprint density at radius 1 is 1.18 bits per heavy atom. The van der Waals surface area contributed by atoms with Gasteiger partial charge in [-0.15, -0.1) is 23.5 Å². The minimum atomic E-state index is 0.0174. The highest BCUT2D eigenvalue weighted by Gasteiger charge is 2.26. The molecule has 0 spiro atoms. The second-order valence-electron chi connectivity index (χ2n) is 2.11. The second-order valence-corrected chi connectivity index (χ2v) is 5.42. The van der Waals surface area contributed by atoms with Crippen LogP contribution in [0.5, 0.6) is 0 Å². The van der Waals surface area contributed by atoms with Crippen LogP contribution in [0.1, 0.15) is 27.2 Å². The minimum absolute atomic E-state index is 0.0174. The van der Waals surface area contributed by atoms with E-state index in [-0.39, 0.29) is 4.27 Å². The summed E-state index contributed by atoms with van der Waals surface area (Å²) in [7, 11) is 1.80. The van der Waals surface area contributed by atoms with Crippen LogP contribution in [-0.4, -0.2) is 23.8 Å². The van der Waals surface area contributed by atoms with E-state index in [1.165, 1.54) is 0 Å². The third-order valence-electron chi connectivity index (χ3n) is 1.47. The SMILES string of the molecule is BOC(CC)(SCC)SCC. The molecule has 0 radical (unpaired) electrons. The van der Waals surface area contributed by atoms with Crippen LogP contribution in [0.3, 0.4) is 0 Å². The standard InChI is InChI=1S/C7H17BOS2/c1-4-7(9-8,10-5-2)11-6-3/h4-6,8H2,1-3H3. The van der Waals surface area contributed by atoms with Gasteiger partial charge in [0.1, 0.15) is 4.27 Å². The summed E-state index contributed by atoms with van der Waals surface area (Å²) in [6.07, 6.45) is 1.07. The third-order valence-corrected chi connectivity index (χ3v) is 4.55. The summed E-state index contributed by atoms with van der Waals surface area (Å²) in [6.45, 7) is 6.52. The fraction of sp³-hybridized carbons (Fsp3) is 1.00. The van der Waals surface area contributed by atoms with Gasteiger partial charge in [0, 0.05) is 0 Å². The molecule has 0 unspecified atom stereocenters. The van der Waals surface area contributed by atoms with E-state index in [0.717, 1.165) is 17.9 Å². The maximum atomic E-state index is 5.49. The van der Waals surface area contributed by atoms with Gasteiger partial charge in [-0.2, -0.15) is 0 Å². The summed E-state index contributed by atoms with van der Waals surface area (Å²) in [5.74, 6) is 2.24. The van der Waals surface area contributed by atoms with Gasteiger partial charge in [0.05, 0.1) is 0 Å². The van der Waals surface area contributed by atoms with E-state index in [1.807, 2.05) is 23.5 Å². The molecule has 4 heteroatoms.